The van der Waals surface area contributed by atoms with Crippen molar-refractivity contribution in [3.63, 3.8) is 0 Å². The molecule has 2 rings (SSSR count). The van der Waals surface area contributed by atoms with E-state index in [0.717, 1.165) is 29.1 Å². The zero-order chi connectivity index (χ0) is 12.3. The number of hydrogen-bond donors (Lipinski definition) is 2. The largest absolute Gasteiger partial charge is 0.336 e. The molecule has 0 atom stereocenters. The second-order valence-electron chi connectivity index (χ2n) is 4.01. The molecule has 90 valence electrons. The third-order valence-electron chi connectivity index (χ3n) is 2.72. The van der Waals surface area contributed by atoms with Gasteiger partial charge in [-0.15, -0.1) is 0 Å². The van der Waals surface area contributed by atoms with Crippen LogP contribution in [0.15, 0.2) is 28.9 Å². The zero-order valence-electron chi connectivity index (χ0n) is 10.0. The highest BCUT2D eigenvalue weighted by molar-refractivity contribution is 9.10. The molecule has 17 heavy (non-hydrogen) atoms. The van der Waals surface area contributed by atoms with Crippen LogP contribution in [-0.4, -0.2) is 23.6 Å². The number of hydrogen-bond acceptors (Lipinski definition) is 2. The van der Waals surface area contributed by atoms with Gasteiger partial charge in [0.2, 0.25) is 0 Å². The Morgan fingerprint density at radius 1 is 1.35 bits per heavy atom. The Bertz CT molecular complexity index is 505. The molecule has 0 amide bonds. The number of halogens is 1. The highest BCUT2D eigenvalue weighted by atomic mass is 79.9. The SMILES string of the molecule is CNCCc1nc(-c2ccccc2C)c(Br)[nH]1. The second kappa shape index (κ2) is 5.47. The van der Waals surface area contributed by atoms with Gasteiger partial charge in [-0.05, 0) is 35.5 Å². The fourth-order valence-electron chi connectivity index (χ4n) is 1.78. The van der Waals surface area contributed by atoms with Crippen LogP contribution in [0.25, 0.3) is 11.3 Å². The third kappa shape index (κ3) is 2.76. The van der Waals surface area contributed by atoms with E-state index in [1.165, 1.54) is 11.1 Å². The molecule has 2 N–H and O–H groups in total. The second-order valence-corrected chi connectivity index (χ2v) is 4.81. The van der Waals surface area contributed by atoms with Crippen molar-refractivity contribution in [3.05, 3.63) is 40.3 Å². The van der Waals surface area contributed by atoms with Crippen LogP contribution >= 0.6 is 15.9 Å². The lowest BCUT2D eigenvalue weighted by atomic mass is 10.1. The Morgan fingerprint density at radius 2 is 2.12 bits per heavy atom. The monoisotopic (exact) mass is 293 g/mol. The minimum Gasteiger partial charge on any atom is -0.336 e. The van der Waals surface area contributed by atoms with Crippen molar-refractivity contribution >= 4 is 15.9 Å². The van der Waals surface area contributed by atoms with E-state index in [2.05, 4.69) is 50.3 Å². The Labute approximate surface area is 110 Å². The van der Waals surface area contributed by atoms with Crippen LogP contribution in [0.2, 0.25) is 0 Å². The Kier molecular flexibility index (Phi) is 3.97. The first kappa shape index (κ1) is 12.3. The lowest BCUT2D eigenvalue weighted by Crippen LogP contribution is -2.11. The van der Waals surface area contributed by atoms with E-state index in [9.17, 15) is 0 Å². The molecule has 0 saturated heterocycles. The molecule has 3 nitrogen and oxygen atoms in total. The molecule has 0 unspecified atom stereocenters. The van der Waals surface area contributed by atoms with Crippen molar-refractivity contribution in [1.29, 1.82) is 0 Å². The minimum absolute atomic E-state index is 0.904. The predicted molar refractivity (Wildman–Crippen MR) is 74.1 cm³/mol. The number of benzene rings is 1. The number of aryl methyl sites for hydroxylation is 1. The average molecular weight is 294 g/mol. The molecule has 0 bridgehead atoms. The number of nitrogens with zero attached hydrogens (tertiary/aromatic N) is 1. The molecule has 1 aromatic heterocycles. The van der Waals surface area contributed by atoms with E-state index < -0.39 is 0 Å². The van der Waals surface area contributed by atoms with Crippen molar-refractivity contribution in [2.75, 3.05) is 13.6 Å². The summed E-state index contributed by atoms with van der Waals surface area (Å²) in [7, 11) is 1.94. The van der Waals surface area contributed by atoms with Gasteiger partial charge in [-0.25, -0.2) is 4.98 Å². The topological polar surface area (TPSA) is 40.7 Å². The van der Waals surface area contributed by atoms with Gasteiger partial charge in [0.15, 0.2) is 0 Å². The van der Waals surface area contributed by atoms with E-state index in [1.54, 1.807) is 0 Å². The maximum atomic E-state index is 4.64. The summed E-state index contributed by atoms with van der Waals surface area (Å²) in [6, 6.07) is 8.28. The van der Waals surface area contributed by atoms with Crippen molar-refractivity contribution in [2.24, 2.45) is 0 Å². The fraction of sp³-hybridized carbons (Fsp3) is 0.308. The zero-order valence-corrected chi connectivity index (χ0v) is 11.6. The van der Waals surface area contributed by atoms with Crippen LogP contribution in [0.5, 0.6) is 0 Å². The first-order chi connectivity index (χ1) is 8.22. The van der Waals surface area contributed by atoms with Crippen molar-refractivity contribution in [2.45, 2.75) is 13.3 Å². The number of imidazole rings is 1. The summed E-state index contributed by atoms with van der Waals surface area (Å²) in [5.74, 6) is 1.00. The van der Waals surface area contributed by atoms with Gasteiger partial charge in [0.05, 0.1) is 0 Å². The third-order valence-corrected chi connectivity index (χ3v) is 3.29. The molecule has 1 aromatic carbocycles. The first-order valence-electron chi connectivity index (χ1n) is 5.67. The van der Waals surface area contributed by atoms with Crippen molar-refractivity contribution in [3.8, 4) is 11.3 Å². The van der Waals surface area contributed by atoms with Crippen LogP contribution in [-0.2, 0) is 6.42 Å². The van der Waals surface area contributed by atoms with Crippen molar-refractivity contribution in [1.82, 2.24) is 15.3 Å². The number of nitrogens with one attached hydrogen (secondary N) is 2. The average Bonchev–Trinajstić information content (AvgIpc) is 2.68. The van der Waals surface area contributed by atoms with Gasteiger partial charge in [-0.2, -0.15) is 0 Å². The highest BCUT2D eigenvalue weighted by Gasteiger charge is 2.11. The quantitative estimate of drug-likeness (QED) is 0.910. The van der Waals surface area contributed by atoms with Gasteiger partial charge in [0.25, 0.3) is 0 Å². The molecule has 0 fully saturated rings. The maximum absolute atomic E-state index is 4.64. The molecule has 0 saturated carbocycles. The Hall–Kier alpha value is -1.13. The number of H-pyrrole nitrogens is 1. The van der Waals surface area contributed by atoms with E-state index in [0.29, 0.717) is 0 Å². The summed E-state index contributed by atoms with van der Waals surface area (Å²) < 4.78 is 0.956. The van der Waals surface area contributed by atoms with Gasteiger partial charge < -0.3 is 10.3 Å². The predicted octanol–water partition coefficient (Wildman–Crippen LogP) is 2.91. The summed E-state index contributed by atoms with van der Waals surface area (Å²) in [5.41, 5.74) is 3.40. The molecule has 0 aliphatic carbocycles. The van der Waals surface area contributed by atoms with Gasteiger partial charge in [-0.1, -0.05) is 24.3 Å². The lowest BCUT2D eigenvalue weighted by molar-refractivity contribution is 0.764. The summed E-state index contributed by atoms with van der Waals surface area (Å²) in [5, 5.41) is 3.12. The Balaban J connectivity index is 2.33. The van der Waals surface area contributed by atoms with Crippen LogP contribution in [0.1, 0.15) is 11.4 Å². The summed E-state index contributed by atoms with van der Waals surface area (Å²) in [6.07, 6.45) is 0.904. The van der Waals surface area contributed by atoms with Gasteiger partial charge in [-0.3, -0.25) is 0 Å². The minimum atomic E-state index is 0.904. The number of aromatic amines is 1. The number of likely N-dealkylation sites (N-methyl/N-ethyl adjacent to an activating group) is 1. The maximum Gasteiger partial charge on any atom is 0.110 e. The Morgan fingerprint density at radius 3 is 2.82 bits per heavy atom. The molecule has 0 aliphatic rings. The number of rotatable bonds is 4. The molecule has 0 aliphatic heterocycles. The lowest BCUT2D eigenvalue weighted by Gasteiger charge is -2.01. The first-order valence-corrected chi connectivity index (χ1v) is 6.46. The van der Waals surface area contributed by atoms with Gasteiger partial charge in [0, 0.05) is 18.5 Å². The summed E-state index contributed by atoms with van der Waals surface area (Å²) >= 11 is 3.54. The molecule has 4 heteroatoms. The van der Waals surface area contributed by atoms with E-state index >= 15 is 0 Å². The highest BCUT2D eigenvalue weighted by Crippen LogP contribution is 2.28. The van der Waals surface area contributed by atoms with Crippen molar-refractivity contribution < 1.29 is 0 Å². The van der Waals surface area contributed by atoms with Crippen LogP contribution in [0, 0.1) is 6.92 Å². The van der Waals surface area contributed by atoms with E-state index in [-0.39, 0.29) is 0 Å². The van der Waals surface area contributed by atoms with Gasteiger partial charge >= 0.3 is 0 Å². The fourth-order valence-corrected chi connectivity index (χ4v) is 2.31. The van der Waals surface area contributed by atoms with E-state index in [1.807, 2.05) is 19.2 Å². The standard InChI is InChI=1S/C13H16BrN3/c1-9-5-3-4-6-10(9)12-13(14)17-11(16-12)7-8-15-2/h3-6,15H,7-8H2,1-2H3,(H,16,17). The van der Waals surface area contributed by atoms with Crippen LogP contribution < -0.4 is 5.32 Å². The normalized spacial score (nSPS) is 10.8. The summed E-state index contributed by atoms with van der Waals surface area (Å²) in [4.78, 5) is 7.91. The molecule has 0 radical (unpaired) electrons. The molecule has 2 aromatic rings. The van der Waals surface area contributed by atoms with E-state index in [4.69, 9.17) is 0 Å². The molecular weight excluding hydrogens is 278 g/mol. The molecule has 1 heterocycles. The summed E-state index contributed by atoms with van der Waals surface area (Å²) in [6.45, 7) is 3.02. The van der Waals surface area contributed by atoms with Gasteiger partial charge in [0.1, 0.15) is 16.1 Å². The molecular formula is C13H16BrN3. The smallest absolute Gasteiger partial charge is 0.110 e. The number of aromatic nitrogens is 2. The van der Waals surface area contributed by atoms with Crippen LogP contribution in [0.3, 0.4) is 0 Å². The molecule has 0 spiro atoms. The van der Waals surface area contributed by atoms with Crippen LogP contribution in [0.4, 0.5) is 0 Å².